The predicted octanol–water partition coefficient (Wildman–Crippen LogP) is 4.60. The molecule has 0 N–H and O–H groups in total. The molecule has 0 saturated heterocycles. The molecule has 3 aromatic rings. The Hall–Kier alpha value is -2.69. The van der Waals surface area contributed by atoms with E-state index in [1.807, 2.05) is 29.6 Å². The third-order valence-corrected chi connectivity index (χ3v) is 5.55. The number of hydrogen-bond donors (Lipinski definition) is 0. The molecule has 0 unspecified atom stereocenters. The zero-order valence-electron chi connectivity index (χ0n) is 13.6. The van der Waals surface area contributed by atoms with Gasteiger partial charge in [-0.3, -0.25) is 9.69 Å². The zero-order valence-corrected chi connectivity index (χ0v) is 15.3. The van der Waals surface area contributed by atoms with Crippen LogP contribution in [0, 0.1) is 17.1 Å². The number of aromatic nitrogens is 1. The summed E-state index contributed by atoms with van der Waals surface area (Å²) >= 11 is 2.76. The zero-order chi connectivity index (χ0) is 18.4. The number of para-hydroxylation sites is 1. The van der Waals surface area contributed by atoms with Crippen molar-refractivity contribution in [3.05, 3.63) is 65.8 Å². The van der Waals surface area contributed by atoms with Gasteiger partial charge in [-0.2, -0.15) is 5.26 Å². The minimum absolute atomic E-state index is 0.00209. The number of amides is 1. The smallest absolute Gasteiger partial charge is 0.238 e. The van der Waals surface area contributed by atoms with Crippen LogP contribution >= 0.6 is 23.1 Å². The lowest BCUT2D eigenvalue weighted by atomic mass is 10.2. The maximum atomic E-state index is 13.0. The minimum atomic E-state index is -0.289. The van der Waals surface area contributed by atoms with E-state index in [1.165, 1.54) is 40.1 Å². The van der Waals surface area contributed by atoms with Crippen molar-refractivity contribution in [1.29, 1.82) is 5.26 Å². The van der Waals surface area contributed by atoms with Gasteiger partial charge in [0.2, 0.25) is 5.91 Å². The Kier molecular flexibility index (Phi) is 6.00. The number of thiazole rings is 1. The average molecular weight is 383 g/mol. The molecule has 0 aliphatic carbocycles. The van der Waals surface area contributed by atoms with Crippen LogP contribution in [0.2, 0.25) is 0 Å². The standard InChI is InChI=1S/C19H14FN3OS2/c20-15-8-6-14(7-9-15)17-12-25-19(22-17)26-13-18(24)23(11-10-21)16-4-2-1-3-5-16/h1-9,12H,11,13H2. The highest BCUT2D eigenvalue weighted by Crippen LogP contribution is 2.29. The van der Waals surface area contributed by atoms with E-state index in [2.05, 4.69) is 4.98 Å². The van der Waals surface area contributed by atoms with E-state index >= 15 is 0 Å². The van der Waals surface area contributed by atoms with Gasteiger partial charge in [0.15, 0.2) is 4.34 Å². The average Bonchev–Trinajstić information content (AvgIpc) is 3.14. The van der Waals surface area contributed by atoms with Gasteiger partial charge in [0.25, 0.3) is 0 Å². The van der Waals surface area contributed by atoms with Crippen molar-refractivity contribution in [3.63, 3.8) is 0 Å². The summed E-state index contributed by atoms with van der Waals surface area (Å²) in [6, 6.07) is 17.3. The number of halogens is 1. The number of nitriles is 1. The van der Waals surface area contributed by atoms with E-state index in [4.69, 9.17) is 5.26 Å². The van der Waals surface area contributed by atoms with Crippen LogP contribution in [0.1, 0.15) is 0 Å². The Balaban J connectivity index is 1.65. The molecule has 0 bridgehead atoms. The largest absolute Gasteiger partial charge is 0.298 e. The normalized spacial score (nSPS) is 10.3. The van der Waals surface area contributed by atoms with Gasteiger partial charge in [-0.05, 0) is 36.4 Å². The third-order valence-electron chi connectivity index (χ3n) is 3.54. The molecule has 0 aliphatic heterocycles. The van der Waals surface area contributed by atoms with Crippen LogP contribution in [0.5, 0.6) is 0 Å². The Bertz CT molecular complexity index is 920. The number of nitrogens with zero attached hydrogens (tertiary/aromatic N) is 3. The van der Waals surface area contributed by atoms with Crippen LogP contribution in [0.15, 0.2) is 64.3 Å². The van der Waals surface area contributed by atoms with E-state index < -0.39 is 0 Å². The summed E-state index contributed by atoms with van der Waals surface area (Å²) in [7, 11) is 0. The molecule has 0 aliphatic rings. The van der Waals surface area contributed by atoms with Gasteiger partial charge in [0.1, 0.15) is 12.4 Å². The van der Waals surface area contributed by atoms with Crippen molar-refractivity contribution in [2.45, 2.75) is 4.34 Å². The van der Waals surface area contributed by atoms with Crippen LogP contribution in [0.25, 0.3) is 11.3 Å². The molecule has 0 atom stereocenters. The first-order chi connectivity index (χ1) is 12.7. The molecule has 130 valence electrons. The highest BCUT2D eigenvalue weighted by atomic mass is 32.2. The minimum Gasteiger partial charge on any atom is -0.298 e. The first-order valence-corrected chi connectivity index (χ1v) is 9.60. The quantitative estimate of drug-likeness (QED) is 0.461. The molecule has 0 spiro atoms. The maximum absolute atomic E-state index is 13.0. The number of anilines is 1. The van der Waals surface area contributed by atoms with Crippen molar-refractivity contribution in [1.82, 2.24) is 4.98 Å². The number of carbonyl (C=O) groups is 1. The number of rotatable bonds is 6. The highest BCUT2D eigenvalue weighted by Gasteiger charge is 2.16. The molecule has 1 heterocycles. The van der Waals surface area contributed by atoms with E-state index in [0.29, 0.717) is 5.69 Å². The fourth-order valence-corrected chi connectivity index (χ4v) is 3.99. The van der Waals surface area contributed by atoms with Crippen LogP contribution in [-0.2, 0) is 4.79 Å². The topological polar surface area (TPSA) is 57.0 Å². The summed E-state index contributed by atoms with van der Waals surface area (Å²) in [4.78, 5) is 18.5. The Labute approximate surface area is 158 Å². The van der Waals surface area contributed by atoms with Crippen LogP contribution in [0.4, 0.5) is 10.1 Å². The van der Waals surface area contributed by atoms with Crippen molar-refractivity contribution in [2.75, 3.05) is 17.2 Å². The van der Waals surface area contributed by atoms with Gasteiger partial charge in [0, 0.05) is 16.6 Å². The number of hydrogen-bond acceptors (Lipinski definition) is 5. The molecule has 0 saturated carbocycles. The van der Waals surface area contributed by atoms with E-state index in [-0.39, 0.29) is 24.0 Å². The fraction of sp³-hybridized carbons (Fsp3) is 0.105. The van der Waals surface area contributed by atoms with Gasteiger partial charge in [-0.1, -0.05) is 30.0 Å². The second-order valence-electron chi connectivity index (χ2n) is 5.27. The molecular formula is C19H14FN3OS2. The summed E-state index contributed by atoms with van der Waals surface area (Å²) in [6.07, 6.45) is 0. The first-order valence-electron chi connectivity index (χ1n) is 7.74. The van der Waals surface area contributed by atoms with Crippen LogP contribution < -0.4 is 4.90 Å². The molecule has 1 amide bonds. The lowest BCUT2D eigenvalue weighted by molar-refractivity contribution is -0.116. The first kappa shape index (κ1) is 18.1. The summed E-state index contributed by atoms with van der Waals surface area (Å²) in [5.41, 5.74) is 2.28. The number of thioether (sulfide) groups is 1. The molecule has 7 heteroatoms. The number of benzene rings is 2. The van der Waals surface area contributed by atoms with Crippen LogP contribution in [-0.4, -0.2) is 23.2 Å². The molecular weight excluding hydrogens is 369 g/mol. The molecule has 0 radical (unpaired) electrons. The van der Waals surface area contributed by atoms with Crippen LogP contribution in [0.3, 0.4) is 0 Å². The predicted molar refractivity (Wildman–Crippen MR) is 103 cm³/mol. The van der Waals surface area contributed by atoms with E-state index in [1.54, 1.807) is 24.3 Å². The van der Waals surface area contributed by atoms with Crippen molar-refractivity contribution < 1.29 is 9.18 Å². The summed E-state index contributed by atoms with van der Waals surface area (Å²) < 4.78 is 13.8. The van der Waals surface area contributed by atoms with E-state index in [0.717, 1.165) is 15.6 Å². The van der Waals surface area contributed by atoms with Gasteiger partial charge < -0.3 is 0 Å². The summed E-state index contributed by atoms with van der Waals surface area (Å²) in [5, 5.41) is 10.9. The summed E-state index contributed by atoms with van der Waals surface area (Å²) in [5.74, 6) is -0.253. The molecule has 3 rings (SSSR count). The molecule has 2 aromatic carbocycles. The van der Waals surface area contributed by atoms with Crippen molar-refractivity contribution in [2.24, 2.45) is 0 Å². The van der Waals surface area contributed by atoms with Gasteiger partial charge in [0.05, 0.1) is 17.5 Å². The van der Waals surface area contributed by atoms with Crippen molar-refractivity contribution in [3.8, 4) is 17.3 Å². The number of carbonyl (C=O) groups excluding carboxylic acids is 1. The Morgan fingerprint density at radius 3 is 2.62 bits per heavy atom. The Morgan fingerprint density at radius 1 is 1.19 bits per heavy atom. The second-order valence-corrected chi connectivity index (χ2v) is 7.35. The third kappa shape index (κ3) is 4.48. The Morgan fingerprint density at radius 2 is 1.92 bits per heavy atom. The monoisotopic (exact) mass is 383 g/mol. The van der Waals surface area contributed by atoms with E-state index in [9.17, 15) is 9.18 Å². The lowest BCUT2D eigenvalue weighted by Gasteiger charge is -2.19. The highest BCUT2D eigenvalue weighted by molar-refractivity contribution is 8.01. The SMILES string of the molecule is N#CCN(C(=O)CSc1nc(-c2ccc(F)cc2)cs1)c1ccccc1. The molecule has 26 heavy (non-hydrogen) atoms. The fourth-order valence-electron chi connectivity index (χ4n) is 2.28. The summed E-state index contributed by atoms with van der Waals surface area (Å²) in [6.45, 7) is 0.00209. The molecule has 1 aromatic heterocycles. The molecule has 0 fully saturated rings. The molecule has 4 nitrogen and oxygen atoms in total. The van der Waals surface area contributed by atoms with Crippen molar-refractivity contribution >= 4 is 34.7 Å². The second kappa shape index (κ2) is 8.61. The van der Waals surface area contributed by atoms with Gasteiger partial charge in [-0.15, -0.1) is 11.3 Å². The lowest BCUT2D eigenvalue weighted by Crippen LogP contribution is -2.32. The maximum Gasteiger partial charge on any atom is 0.238 e. The van der Waals surface area contributed by atoms with Gasteiger partial charge >= 0.3 is 0 Å². The van der Waals surface area contributed by atoms with Gasteiger partial charge in [-0.25, -0.2) is 9.37 Å².